The van der Waals surface area contributed by atoms with Gasteiger partial charge in [0.2, 0.25) is 0 Å². The molecule has 0 spiro atoms. The lowest BCUT2D eigenvalue weighted by molar-refractivity contribution is -0.142. The Labute approximate surface area is 83.2 Å². The van der Waals surface area contributed by atoms with Crippen LogP contribution in [0.1, 0.15) is 26.7 Å². The van der Waals surface area contributed by atoms with Crippen molar-refractivity contribution in [3.8, 4) is 0 Å². The van der Waals surface area contributed by atoms with E-state index in [0.29, 0.717) is 19.4 Å². The first-order chi connectivity index (χ1) is 6.16. The zero-order chi connectivity index (χ0) is 10.1. The highest BCUT2D eigenvalue weighted by Gasteiger charge is 2.01. The fourth-order valence-corrected chi connectivity index (χ4v) is 1.65. The molecule has 0 atom stereocenters. The van der Waals surface area contributed by atoms with Gasteiger partial charge in [0.25, 0.3) is 0 Å². The number of thioether (sulfide) groups is 1. The Morgan fingerprint density at radius 2 is 1.85 bits per heavy atom. The fourth-order valence-electron chi connectivity index (χ4n) is 0.707. The Balaban J connectivity index is 3.16. The van der Waals surface area contributed by atoms with Crippen molar-refractivity contribution in [2.75, 3.05) is 18.1 Å². The third-order valence-electron chi connectivity index (χ3n) is 1.35. The molecule has 0 aromatic carbocycles. The van der Waals surface area contributed by atoms with E-state index in [4.69, 9.17) is 4.74 Å². The molecule has 13 heavy (non-hydrogen) atoms. The molecule has 0 fully saturated rings. The zero-order valence-electron chi connectivity index (χ0n) is 8.17. The van der Waals surface area contributed by atoms with Crippen molar-refractivity contribution in [1.29, 1.82) is 0 Å². The summed E-state index contributed by atoms with van der Waals surface area (Å²) in [5.41, 5.74) is 0. The lowest BCUT2D eigenvalue weighted by atomic mass is 10.4. The van der Waals surface area contributed by atoms with Gasteiger partial charge in [0.1, 0.15) is 5.78 Å². The van der Waals surface area contributed by atoms with E-state index in [1.54, 1.807) is 25.6 Å². The zero-order valence-corrected chi connectivity index (χ0v) is 8.99. The van der Waals surface area contributed by atoms with Gasteiger partial charge in [0, 0.05) is 17.9 Å². The molecule has 0 N–H and O–H groups in total. The first-order valence-corrected chi connectivity index (χ1v) is 5.55. The van der Waals surface area contributed by atoms with Crippen molar-refractivity contribution in [2.45, 2.75) is 26.7 Å². The minimum atomic E-state index is -0.155. The van der Waals surface area contributed by atoms with Crippen LogP contribution < -0.4 is 0 Å². The topological polar surface area (TPSA) is 43.4 Å². The number of carbonyl (C=O) groups is 2. The summed E-state index contributed by atoms with van der Waals surface area (Å²) < 4.78 is 4.75. The van der Waals surface area contributed by atoms with Crippen LogP contribution in [0, 0.1) is 0 Å². The number of ether oxygens (including phenoxy) is 1. The molecular weight excluding hydrogens is 188 g/mol. The van der Waals surface area contributed by atoms with Crippen molar-refractivity contribution >= 4 is 23.5 Å². The Kier molecular flexibility index (Phi) is 7.79. The average Bonchev–Trinajstić information content (AvgIpc) is 2.03. The summed E-state index contributed by atoms with van der Waals surface area (Å²) in [6.07, 6.45) is 1.03. The SMILES string of the molecule is CCOC(=O)CCSCCC(C)=O. The number of hydrogen-bond donors (Lipinski definition) is 0. The van der Waals surface area contributed by atoms with Crippen LogP contribution in [0.5, 0.6) is 0 Å². The molecule has 0 saturated carbocycles. The van der Waals surface area contributed by atoms with Crippen LogP contribution in [-0.2, 0) is 14.3 Å². The monoisotopic (exact) mass is 204 g/mol. The van der Waals surface area contributed by atoms with E-state index >= 15 is 0 Å². The maximum Gasteiger partial charge on any atom is 0.306 e. The lowest BCUT2D eigenvalue weighted by Crippen LogP contribution is -2.05. The molecule has 0 aromatic heterocycles. The highest BCUT2D eigenvalue weighted by Crippen LogP contribution is 2.05. The summed E-state index contributed by atoms with van der Waals surface area (Å²) >= 11 is 1.61. The molecule has 0 heterocycles. The molecule has 3 nitrogen and oxygen atoms in total. The number of hydrogen-bond acceptors (Lipinski definition) is 4. The van der Waals surface area contributed by atoms with E-state index < -0.39 is 0 Å². The Hall–Kier alpha value is -0.510. The molecule has 0 bridgehead atoms. The Morgan fingerprint density at radius 3 is 2.38 bits per heavy atom. The predicted molar refractivity (Wildman–Crippen MR) is 53.9 cm³/mol. The quantitative estimate of drug-likeness (QED) is 0.467. The first kappa shape index (κ1) is 12.5. The molecule has 0 aliphatic heterocycles. The Morgan fingerprint density at radius 1 is 1.23 bits per heavy atom. The summed E-state index contributed by atoms with van der Waals surface area (Å²) in [5, 5.41) is 0. The predicted octanol–water partition coefficient (Wildman–Crippen LogP) is 1.65. The summed E-state index contributed by atoms with van der Waals surface area (Å²) in [5.74, 6) is 1.59. The number of Topliss-reactive ketones (excluding diaryl/α,β-unsaturated/α-hetero) is 1. The smallest absolute Gasteiger partial charge is 0.306 e. The molecule has 0 aromatic rings. The van der Waals surface area contributed by atoms with Crippen LogP contribution in [-0.4, -0.2) is 29.9 Å². The Bertz CT molecular complexity index is 168. The molecule has 0 aliphatic rings. The second kappa shape index (κ2) is 8.10. The molecular formula is C9H16O3S. The van der Waals surface area contributed by atoms with E-state index in [1.807, 2.05) is 0 Å². The van der Waals surface area contributed by atoms with E-state index in [9.17, 15) is 9.59 Å². The van der Waals surface area contributed by atoms with Gasteiger partial charge in [-0.1, -0.05) is 0 Å². The summed E-state index contributed by atoms with van der Waals surface area (Å²) in [6.45, 7) is 3.81. The van der Waals surface area contributed by atoms with Crippen molar-refractivity contribution in [3.63, 3.8) is 0 Å². The molecule has 0 amide bonds. The number of ketones is 1. The van der Waals surface area contributed by atoms with Gasteiger partial charge in [-0.15, -0.1) is 0 Å². The molecule has 4 heteroatoms. The van der Waals surface area contributed by atoms with Gasteiger partial charge in [-0.25, -0.2) is 0 Å². The van der Waals surface area contributed by atoms with Crippen molar-refractivity contribution in [2.24, 2.45) is 0 Å². The first-order valence-electron chi connectivity index (χ1n) is 4.39. The minimum absolute atomic E-state index is 0.155. The molecule has 0 saturated heterocycles. The van der Waals surface area contributed by atoms with Gasteiger partial charge in [-0.2, -0.15) is 11.8 Å². The van der Waals surface area contributed by atoms with E-state index in [-0.39, 0.29) is 11.8 Å². The van der Waals surface area contributed by atoms with Gasteiger partial charge >= 0.3 is 5.97 Å². The highest BCUT2D eigenvalue weighted by molar-refractivity contribution is 7.99. The van der Waals surface area contributed by atoms with Crippen LogP contribution in [0.4, 0.5) is 0 Å². The van der Waals surface area contributed by atoms with Crippen molar-refractivity contribution in [1.82, 2.24) is 0 Å². The summed E-state index contributed by atoms with van der Waals surface area (Å²) in [6, 6.07) is 0. The van der Waals surface area contributed by atoms with Crippen LogP contribution in [0.3, 0.4) is 0 Å². The van der Waals surface area contributed by atoms with E-state index in [0.717, 1.165) is 11.5 Å². The number of carbonyl (C=O) groups excluding carboxylic acids is 2. The summed E-state index contributed by atoms with van der Waals surface area (Å²) in [4.78, 5) is 21.4. The number of rotatable bonds is 7. The normalized spacial score (nSPS) is 9.69. The highest BCUT2D eigenvalue weighted by atomic mass is 32.2. The fraction of sp³-hybridized carbons (Fsp3) is 0.778. The second-order valence-electron chi connectivity index (χ2n) is 2.62. The van der Waals surface area contributed by atoms with Crippen LogP contribution in [0.25, 0.3) is 0 Å². The van der Waals surface area contributed by atoms with E-state index in [2.05, 4.69) is 0 Å². The maximum absolute atomic E-state index is 10.8. The van der Waals surface area contributed by atoms with Gasteiger partial charge < -0.3 is 4.74 Å². The van der Waals surface area contributed by atoms with Gasteiger partial charge in [-0.05, 0) is 13.8 Å². The van der Waals surface area contributed by atoms with Crippen LogP contribution >= 0.6 is 11.8 Å². The van der Waals surface area contributed by atoms with Crippen molar-refractivity contribution in [3.05, 3.63) is 0 Å². The maximum atomic E-state index is 10.8. The van der Waals surface area contributed by atoms with Crippen LogP contribution in [0.2, 0.25) is 0 Å². The molecule has 76 valence electrons. The van der Waals surface area contributed by atoms with Crippen molar-refractivity contribution < 1.29 is 14.3 Å². The molecule has 0 aliphatic carbocycles. The standard InChI is InChI=1S/C9H16O3S/c1-3-12-9(11)5-7-13-6-4-8(2)10/h3-7H2,1-2H3. The lowest BCUT2D eigenvalue weighted by Gasteiger charge is -2.00. The summed E-state index contributed by atoms with van der Waals surface area (Å²) in [7, 11) is 0. The minimum Gasteiger partial charge on any atom is -0.466 e. The third kappa shape index (κ3) is 9.40. The van der Waals surface area contributed by atoms with E-state index in [1.165, 1.54) is 0 Å². The number of esters is 1. The van der Waals surface area contributed by atoms with Crippen LogP contribution in [0.15, 0.2) is 0 Å². The van der Waals surface area contributed by atoms with Gasteiger partial charge in [0.15, 0.2) is 0 Å². The second-order valence-corrected chi connectivity index (χ2v) is 3.84. The third-order valence-corrected chi connectivity index (χ3v) is 2.34. The molecule has 0 rings (SSSR count). The van der Waals surface area contributed by atoms with Gasteiger partial charge in [0.05, 0.1) is 13.0 Å². The largest absolute Gasteiger partial charge is 0.466 e. The van der Waals surface area contributed by atoms with Gasteiger partial charge in [-0.3, -0.25) is 9.59 Å². The molecule has 0 unspecified atom stereocenters. The molecule has 0 radical (unpaired) electrons. The average molecular weight is 204 g/mol.